The molecule has 0 spiro atoms. The molecular weight excluding hydrogens is 382 g/mol. The number of carbonyl (C=O) groups is 2. The van der Waals surface area contributed by atoms with E-state index >= 15 is 0 Å². The van der Waals surface area contributed by atoms with Crippen LogP contribution in [0.15, 0.2) is 24.3 Å². The first kappa shape index (κ1) is 20.6. The first-order chi connectivity index (χ1) is 13.3. The van der Waals surface area contributed by atoms with E-state index in [1.807, 2.05) is 36.1 Å². The van der Waals surface area contributed by atoms with Crippen LogP contribution >= 0.6 is 0 Å². The van der Waals surface area contributed by atoms with Gasteiger partial charge in [0.25, 0.3) is 5.91 Å². The van der Waals surface area contributed by atoms with Gasteiger partial charge in [-0.25, -0.2) is 12.7 Å². The molecule has 2 heterocycles. The van der Waals surface area contributed by atoms with Crippen molar-refractivity contribution in [2.75, 3.05) is 32.5 Å². The summed E-state index contributed by atoms with van der Waals surface area (Å²) < 4.78 is 30.8. The highest BCUT2D eigenvalue weighted by atomic mass is 32.2. The van der Waals surface area contributed by atoms with Gasteiger partial charge in [0, 0.05) is 25.7 Å². The van der Waals surface area contributed by atoms with Gasteiger partial charge in [-0.3, -0.25) is 14.5 Å². The summed E-state index contributed by atoms with van der Waals surface area (Å²) in [4.78, 5) is 27.1. The fourth-order valence-corrected chi connectivity index (χ4v) is 5.36. The molecule has 0 aliphatic carbocycles. The number of benzene rings is 1. The number of methoxy groups -OCH3 is 1. The van der Waals surface area contributed by atoms with Crippen molar-refractivity contribution < 1.29 is 22.7 Å². The Bertz CT molecular complexity index is 824. The largest absolute Gasteiger partial charge is 0.497 e. The fourth-order valence-electron chi connectivity index (χ4n) is 3.82. The lowest BCUT2D eigenvalue weighted by atomic mass is 10.1. The van der Waals surface area contributed by atoms with Crippen LogP contribution in [0.3, 0.4) is 0 Å². The zero-order valence-corrected chi connectivity index (χ0v) is 17.1. The Morgan fingerprint density at radius 3 is 2.64 bits per heavy atom. The lowest BCUT2D eigenvalue weighted by Crippen LogP contribution is -2.44. The van der Waals surface area contributed by atoms with Crippen molar-refractivity contribution in [3.05, 3.63) is 29.8 Å². The molecule has 2 atom stereocenters. The van der Waals surface area contributed by atoms with Gasteiger partial charge >= 0.3 is 0 Å². The quantitative estimate of drug-likeness (QED) is 0.730. The molecule has 2 aliphatic heterocycles. The average Bonchev–Trinajstić information content (AvgIpc) is 3.03. The Hall–Kier alpha value is -2.13. The first-order valence-electron chi connectivity index (χ1n) is 9.54. The molecule has 8 nitrogen and oxygen atoms in total. The van der Waals surface area contributed by atoms with Gasteiger partial charge in [0.15, 0.2) is 0 Å². The minimum Gasteiger partial charge on any atom is -0.497 e. The predicted molar refractivity (Wildman–Crippen MR) is 104 cm³/mol. The summed E-state index contributed by atoms with van der Waals surface area (Å²) in [7, 11) is -1.97. The third-order valence-corrected chi connectivity index (χ3v) is 6.95. The number of sulfonamides is 1. The van der Waals surface area contributed by atoms with Crippen LogP contribution in [0.5, 0.6) is 5.75 Å². The van der Waals surface area contributed by atoms with Crippen molar-refractivity contribution in [3.8, 4) is 5.75 Å². The minimum absolute atomic E-state index is 0.0677. The Morgan fingerprint density at radius 2 is 2.00 bits per heavy atom. The van der Waals surface area contributed by atoms with Crippen LogP contribution in [0.2, 0.25) is 0 Å². The number of hydrogen-bond acceptors (Lipinski definition) is 6. The molecule has 3 rings (SSSR count). The molecule has 0 saturated carbocycles. The van der Waals surface area contributed by atoms with Gasteiger partial charge in [0.2, 0.25) is 15.9 Å². The van der Waals surface area contributed by atoms with Gasteiger partial charge in [0.05, 0.1) is 25.3 Å². The molecule has 0 unspecified atom stereocenters. The summed E-state index contributed by atoms with van der Waals surface area (Å²) in [6.07, 6.45) is 1.26. The van der Waals surface area contributed by atoms with Crippen LogP contribution in [-0.4, -0.2) is 74.0 Å². The minimum atomic E-state index is -3.56. The van der Waals surface area contributed by atoms with E-state index in [9.17, 15) is 18.0 Å². The molecular formula is C19H27N3O5S. The smallest absolute Gasteiger partial charge is 0.253 e. The van der Waals surface area contributed by atoms with Gasteiger partial charge in [-0.1, -0.05) is 19.1 Å². The first-order valence-corrected chi connectivity index (χ1v) is 11.2. The number of rotatable bonds is 6. The average molecular weight is 410 g/mol. The van der Waals surface area contributed by atoms with Crippen LogP contribution in [-0.2, 0) is 26.0 Å². The zero-order chi connectivity index (χ0) is 20.3. The number of fused-ring (bicyclic) bond motifs is 1. The van der Waals surface area contributed by atoms with Crippen molar-refractivity contribution in [3.63, 3.8) is 0 Å². The molecule has 2 amide bonds. The van der Waals surface area contributed by atoms with E-state index in [0.29, 0.717) is 25.9 Å². The second kappa shape index (κ2) is 8.48. The fraction of sp³-hybridized carbons (Fsp3) is 0.579. The number of hydrogen-bond donors (Lipinski definition) is 1. The third kappa shape index (κ3) is 4.47. The molecule has 2 aliphatic rings. The van der Waals surface area contributed by atoms with Crippen LogP contribution in [0.25, 0.3) is 0 Å². The van der Waals surface area contributed by atoms with E-state index in [2.05, 4.69) is 5.32 Å². The van der Waals surface area contributed by atoms with Gasteiger partial charge in [-0.2, -0.15) is 0 Å². The molecule has 1 aromatic carbocycles. The van der Waals surface area contributed by atoms with E-state index in [1.165, 1.54) is 0 Å². The molecule has 9 heteroatoms. The molecule has 2 fully saturated rings. The molecule has 2 saturated heterocycles. The van der Waals surface area contributed by atoms with Crippen molar-refractivity contribution in [2.24, 2.45) is 0 Å². The predicted octanol–water partition coefficient (Wildman–Crippen LogP) is 0.379. The maximum atomic E-state index is 12.8. The highest BCUT2D eigenvalue weighted by molar-refractivity contribution is 7.89. The van der Waals surface area contributed by atoms with E-state index in [0.717, 1.165) is 15.6 Å². The zero-order valence-electron chi connectivity index (χ0n) is 16.3. The van der Waals surface area contributed by atoms with Crippen molar-refractivity contribution in [1.29, 1.82) is 0 Å². The standard InChI is InChI=1S/C19H27N3O5S/c1-3-8-22-19(24)17-12-15(13-21(17)9-10-28(22,25)26)20-18(23)11-14-4-6-16(27-2)7-5-14/h4-7,15,17H,3,8-13H2,1-2H3,(H,20,23)/t15-,17-/m0/s1. The van der Waals surface area contributed by atoms with Crippen molar-refractivity contribution >= 4 is 21.8 Å². The summed E-state index contributed by atoms with van der Waals surface area (Å²) in [5.74, 6) is 0.185. The topological polar surface area (TPSA) is 96.0 Å². The van der Waals surface area contributed by atoms with Crippen molar-refractivity contribution in [1.82, 2.24) is 14.5 Å². The van der Waals surface area contributed by atoms with Crippen LogP contribution in [0.1, 0.15) is 25.3 Å². The number of nitrogens with zero attached hydrogens (tertiary/aromatic N) is 2. The van der Waals surface area contributed by atoms with Crippen LogP contribution in [0, 0.1) is 0 Å². The van der Waals surface area contributed by atoms with E-state index in [1.54, 1.807) is 7.11 Å². The van der Waals surface area contributed by atoms with E-state index < -0.39 is 16.1 Å². The number of carbonyl (C=O) groups excluding carboxylic acids is 2. The molecule has 1 aromatic rings. The number of ether oxygens (including phenoxy) is 1. The summed E-state index contributed by atoms with van der Waals surface area (Å²) >= 11 is 0. The lowest BCUT2D eigenvalue weighted by molar-refractivity contribution is -0.130. The Labute approximate surface area is 165 Å². The Kier molecular flexibility index (Phi) is 6.24. The number of amides is 2. The highest BCUT2D eigenvalue weighted by Crippen LogP contribution is 2.25. The second-order valence-corrected chi connectivity index (χ2v) is 9.27. The molecule has 0 aromatic heterocycles. The molecule has 28 heavy (non-hydrogen) atoms. The summed E-state index contributed by atoms with van der Waals surface area (Å²) in [6, 6.07) is 6.65. The van der Waals surface area contributed by atoms with E-state index in [4.69, 9.17) is 4.74 Å². The SMILES string of the molecule is CCCN1C(=O)[C@@H]2C[C@H](NC(=O)Cc3ccc(OC)cc3)CN2CCS1(=O)=O. The van der Waals surface area contributed by atoms with Gasteiger partial charge in [-0.05, 0) is 30.5 Å². The monoisotopic (exact) mass is 409 g/mol. The van der Waals surface area contributed by atoms with Gasteiger partial charge < -0.3 is 10.1 Å². The van der Waals surface area contributed by atoms with E-state index in [-0.39, 0.29) is 36.6 Å². The summed E-state index contributed by atoms with van der Waals surface area (Å²) in [5.41, 5.74) is 0.877. The molecule has 154 valence electrons. The summed E-state index contributed by atoms with van der Waals surface area (Å²) in [6.45, 7) is 2.85. The Morgan fingerprint density at radius 1 is 1.29 bits per heavy atom. The van der Waals surface area contributed by atoms with Crippen molar-refractivity contribution in [2.45, 2.75) is 38.3 Å². The third-order valence-electron chi connectivity index (χ3n) is 5.22. The normalized spacial score (nSPS) is 24.5. The summed E-state index contributed by atoms with van der Waals surface area (Å²) in [5, 5.41) is 2.99. The van der Waals surface area contributed by atoms with Crippen LogP contribution in [0.4, 0.5) is 0 Å². The number of nitrogens with one attached hydrogen (secondary N) is 1. The van der Waals surface area contributed by atoms with Crippen LogP contribution < -0.4 is 10.1 Å². The maximum absolute atomic E-state index is 12.8. The maximum Gasteiger partial charge on any atom is 0.253 e. The molecule has 1 N–H and O–H groups in total. The van der Waals surface area contributed by atoms with Gasteiger partial charge in [0.1, 0.15) is 5.75 Å². The molecule has 0 bridgehead atoms. The highest BCUT2D eigenvalue weighted by Gasteiger charge is 2.44. The molecule has 0 radical (unpaired) electrons. The second-order valence-electron chi connectivity index (χ2n) is 7.26. The van der Waals surface area contributed by atoms with Gasteiger partial charge in [-0.15, -0.1) is 0 Å². The Balaban J connectivity index is 1.61. The lowest BCUT2D eigenvalue weighted by Gasteiger charge is -2.23.